The molecule has 2 heterocycles. The molecule has 0 aliphatic carbocycles. The molecule has 0 saturated carbocycles. The lowest BCUT2D eigenvalue weighted by Gasteiger charge is -2.05. The SMILES string of the molecule is N#Cc1ccc(S(=O)(=O)Nc2cc(C#CCO)ccn2)s1. The summed E-state index contributed by atoms with van der Waals surface area (Å²) in [6, 6.07) is 7.74. The summed E-state index contributed by atoms with van der Waals surface area (Å²) in [4.78, 5) is 4.22. The van der Waals surface area contributed by atoms with E-state index in [1.54, 1.807) is 6.07 Å². The molecule has 0 amide bonds. The average Bonchev–Trinajstić information content (AvgIpc) is 2.95. The molecular weight excluding hydrogens is 310 g/mol. The molecule has 0 atom stereocenters. The predicted molar refractivity (Wildman–Crippen MR) is 78.0 cm³/mol. The summed E-state index contributed by atoms with van der Waals surface area (Å²) < 4.78 is 26.6. The Bertz CT molecular complexity index is 855. The predicted octanol–water partition coefficient (Wildman–Crippen LogP) is 1.16. The molecule has 0 fully saturated rings. The lowest BCUT2D eigenvalue weighted by Crippen LogP contribution is -2.12. The van der Waals surface area contributed by atoms with Gasteiger partial charge in [-0.2, -0.15) is 5.26 Å². The third kappa shape index (κ3) is 3.80. The largest absolute Gasteiger partial charge is 0.384 e. The van der Waals surface area contributed by atoms with Crippen LogP contribution in [-0.4, -0.2) is 25.1 Å². The Labute approximate surface area is 125 Å². The summed E-state index contributed by atoms with van der Waals surface area (Å²) in [7, 11) is -3.78. The quantitative estimate of drug-likeness (QED) is 0.826. The molecule has 0 radical (unpaired) electrons. The number of hydrogen-bond acceptors (Lipinski definition) is 6. The van der Waals surface area contributed by atoms with Crippen molar-refractivity contribution in [2.45, 2.75) is 4.21 Å². The minimum absolute atomic E-state index is 0.0349. The topological polar surface area (TPSA) is 103 Å². The second-order valence-electron chi connectivity index (χ2n) is 3.73. The lowest BCUT2D eigenvalue weighted by molar-refractivity contribution is 0.350. The first-order chi connectivity index (χ1) is 10.0. The van der Waals surface area contributed by atoms with E-state index in [9.17, 15) is 8.42 Å². The fourth-order valence-electron chi connectivity index (χ4n) is 1.42. The Balaban J connectivity index is 2.26. The molecule has 0 unspecified atom stereocenters. The Morgan fingerprint density at radius 3 is 2.86 bits per heavy atom. The van der Waals surface area contributed by atoms with E-state index >= 15 is 0 Å². The number of rotatable bonds is 3. The maximum atomic E-state index is 12.1. The number of pyridine rings is 1. The number of aromatic nitrogens is 1. The van der Waals surface area contributed by atoms with Gasteiger partial charge in [0, 0.05) is 11.8 Å². The summed E-state index contributed by atoms with van der Waals surface area (Å²) in [5.74, 6) is 5.24. The van der Waals surface area contributed by atoms with Crippen molar-refractivity contribution in [2.24, 2.45) is 0 Å². The number of anilines is 1. The lowest BCUT2D eigenvalue weighted by atomic mass is 10.2. The summed E-state index contributed by atoms with van der Waals surface area (Å²) in [6.07, 6.45) is 1.41. The van der Waals surface area contributed by atoms with Crippen molar-refractivity contribution < 1.29 is 13.5 Å². The van der Waals surface area contributed by atoms with Crippen molar-refractivity contribution >= 4 is 27.2 Å². The van der Waals surface area contributed by atoms with Crippen LogP contribution >= 0.6 is 11.3 Å². The van der Waals surface area contributed by atoms with Gasteiger partial charge in [0.2, 0.25) is 0 Å². The molecule has 106 valence electrons. The third-order valence-corrected chi connectivity index (χ3v) is 5.10. The van der Waals surface area contributed by atoms with Crippen LogP contribution in [0.15, 0.2) is 34.7 Å². The van der Waals surface area contributed by atoms with Gasteiger partial charge in [-0.25, -0.2) is 13.4 Å². The zero-order chi connectivity index (χ0) is 15.3. The van der Waals surface area contributed by atoms with E-state index in [2.05, 4.69) is 21.5 Å². The van der Waals surface area contributed by atoms with Gasteiger partial charge in [-0.15, -0.1) is 11.3 Å². The molecule has 2 N–H and O–H groups in total. The molecule has 0 aliphatic heterocycles. The fourth-order valence-corrected chi connectivity index (χ4v) is 3.52. The van der Waals surface area contributed by atoms with E-state index in [0.29, 0.717) is 10.4 Å². The van der Waals surface area contributed by atoms with Crippen molar-refractivity contribution in [1.82, 2.24) is 4.98 Å². The zero-order valence-corrected chi connectivity index (χ0v) is 12.2. The van der Waals surface area contributed by atoms with Crippen LogP contribution in [0, 0.1) is 23.2 Å². The van der Waals surface area contributed by atoms with Gasteiger partial charge in [0.1, 0.15) is 27.6 Å². The molecule has 0 spiro atoms. The van der Waals surface area contributed by atoms with Crippen molar-refractivity contribution in [1.29, 1.82) is 5.26 Å². The van der Waals surface area contributed by atoms with Crippen LogP contribution < -0.4 is 4.72 Å². The molecule has 0 saturated heterocycles. The molecule has 2 rings (SSSR count). The monoisotopic (exact) mass is 319 g/mol. The zero-order valence-electron chi connectivity index (χ0n) is 10.6. The highest BCUT2D eigenvalue weighted by Crippen LogP contribution is 2.23. The number of thiophene rings is 1. The number of nitrogens with zero attached hydrogens (tertiary/aromatic N) is 2. The van der Waals surface area contributed by atoms with E-state index in [1.807, 2.05) is 6.07 Å². The highest BCUT2D eigenvalue weighted by molar-refractivity contribution is 7.94. The van der Waals surface area contributed by atoms with E-state index in [1.165, 1.54) is 24.4 Å². The second-order valence-corrected chi connectivity index (χ2v) is 6.72. The van der Waals surface area contributed by atoms with Gasteiger partial charge in [-0.1, -0.05) is 11.8 Å². The Kier molecular flexibility index (Phi) is 4.55. The molecule has 0 bridgehead atoms. The van der Waals surface area contributed by atoms with Gasteiger partial charge in [0.25, 0.3) is 10.0 Å². The van der Waals surface area contributed by atoms with Crippen molar-refractivity contribution in [3.63, 3.8) is 0 Å². The first kappa shape index (κ1) is 15.0. The summed E-state index contributed by atoms with van der Waals surface area (Å²) in [6.45, 7) is -0.282. The van der Waals surface area contributed by atoms with Gasteiger partial charge in [-0.05, 0) is 24.3 Å². The second kappa shape index (κ2) is 6.37. The smallest absolute Gasteiger partial charge is 0.272 e. The molecule has 21 heavy (non-hydrogen) atoms. The number of nitrogens with one attached hydrogen (secondary N) is 1. The van der Waals surface area contributed by atoms with Crippen molar-refractivity contribution in [3.8, 4) is 17.9 Å². The van der Waals surface area contributed by atoms with Crippen molar-refractivity contribution in [3.05, 3.63) is 40.9 Å². The van der Waals surface area contributed by atoms with Crippen molar-refractivity contribution in [2.75, 3.05) is 11.3 Å². The Hall–Kier alpha value is -2.39. The maximum absolute atomic E-state index is 12.1. The van der Waals surface area contributed by atoms with E-state index in [0.717, 1.165) is 11.3 Å². The van der Waals surface area contributed by atoms with Crippen LogP contribution in [0.1, 0.15) is 10.4 Å². The van der Waals surface area contributed by atoms with Gasteiger partial charge in [0.05, 0.1) is 0 Å². The molecule has 8 heteroatoms. The minimum atomic E-state index is -3.78. The molecule has 0 aliphatic rings. The summed E-state index contributed by atoms with van der Waals surface area (Å²) in [5, 5.41) is 17.4. The van der Waals surface area contributed by atoms with E-state index in [4.69, 9.17) is 10.4 Å². The van der Waals surface area contributed by atoms with Crippen LogP contribution in [0.25, 0.3) is 0 Å². The Morgan fingerprint density at radius 1 is 1.38 bits per heavy atom. The number of aliphatic hydroxyl groups excluding tert-OH is 1. The first-order valence-corrected chi connectivity index (χ1v) is 7.93. The van der Waals surface area contributed by atoms with Crippen LogP contribution in [0.2, 0.25) is 0 Å². The number of aliphatic hydroxyl groups is 1. The first-order valence-electron chi connectivity index (χ1n) is 5.64. The summed E-state index contributed by atoms with van der Waals surface area (Å²) >= 11 is 0.877. The van der Waals surface area contributed by atoms with E-state index < -0.39 is 10.0 Å². The number of nitriles is 1. The van der Waals surface area contributed by atoms with Crippen LogP contribution in [0.5, 0.6) is 0 Å². The summed E-state index contributed by atoms with van der Waals surface area (Å²) in [5.41, 5.74) is 0.528. The van der Waals surface area contributed by atoms with Crippen LogP contribution in [-0.2, 0) is 10.0 Å². The highest BCUT2D eigenvalue weighted by atomic mass is 32.2. The van der Waals surface area contributed by atoms with Gasteiger partial charge in [-0.3, -0.25) is 4.72 Å². The fraction of sp³-hybridized carbons (Fsp3) is 0.0769. The maximum Gasteiger partial charge on any atom is 0.272 e. The van der Waals surface area contributed by atoms with Gasteiger partial charge >= 0.3 is 0 Å². The normalized spacial score (nSPS) is 10.3. The number of sulfonamides is 1. The molecule has 6 nitrogen and oxygen atoms in total. The Morgan fingerprint density at radius 2 is 2.19 bits per heavy atom. The molecule has 2 aromatic heterocycles. The third-order valence-electron chi connectivity index (χ3n) is 2.27. The molecule has 2 aromatic rings. The highest BCUT2D eigenvalue weighted by Gasteiger charge is 2.17. The van der Waals surface area contributed by atoms with E-state index in [-0.39, 0.29) is 16.6 Å². The van der Waals surface area contributed by atoms with Gasteiger partial charge in [0.15, 0.2) is 0 Å². The minimum Gasteiger partial charge on any atom is -0.384 e. The van der Waals surface area contributed by atoms with Crippen LogP contribution in [0.4, 0.5) is 5.82 Å². The molecular formula is C13H9N3O3S2. The standard InChI is InChI=1S/C13H9N3O3S2/c14-9-11-3-4-13(20-11)21(18,19)16-12-8-10(2-1-7-17)5-6-15-12/h3-6,8,17H,7H2,(H,15,16). The molecule has 0 aromatic carbocycles. The van der Waals surface area contributed by atoms with Crippen LogP contribution in [0.3, 0.4) is 0 Å². The average molecular weight is 319 g/mol. The van der Waals surface area contributed by atoms with Gasteiger partial charge < -0.3 is 5.11 Å². The number of hydrogen-bond donors (Lipinski definition) is 2.